The standard InChI is InChI=1S/C28H20FN7O/c29-18-3-1-2-16(10-18)25-20-12-24(33-22(20)8-9-31-25)27-26-23(35-36-27)7-6-21(34-26)17-11-19(14-30-13-17)32-28(37)15-4-5-15/h1-3,6-15,33H,4-5H2,(H,32,37)(H,35,36). The van der Waals surface area contributed by atoms with Gasteiger partial charge < -0.3 is 10.3 Å². The van der Waals surface area contributed by atoms with Crippen molar-refractivity contribution >= 4 is 33.5 Å². The first-order chi connectivity index (χ1) is 18.1. The number of fused-ring (bicyclic) bond motifs is 2. The highest BCUT2D eigenvalue weighted by Crippen LogP contribution is 2.34. The number of hydrogen-bond acceptors (Lipinski definition) is 5. The van der Waals surface area contributed by atoms with Crippen molar-refractivity contribution < 1.29 is 9.18 Å². The van der Waals surface area contributed by atoms with Crippen LogP contribution in [0.4, 0.5) is 10.1 Å². The summed E-state index contributed by atoms with van der Waals surface area (Å²) < 4.78 is 13.9. The van der Waals surface area contributed by atoms with Gasteiger partial charge in [0.2, 0.25) is 5.91 Å². The number of amides is 1. The van der Waals surface area contributed by atoms with Crippen molar-refractivity contribution in [1.29, 1.82) is 0 Å². The number of anilines is 1. The smallest absolute Gasteiger partial charge is 0.227 e. The van der Waals surface area contributed by atoms with Crippen LogP contribution < -0.4 is 5.32 Å². The molecule has 0 bridgehead atoms. The van der Waals surface area contributed by atoms with E-state index in [9.17, 15) is 9.18 Å². The molecule has 8 nitrogen and oxygen atoms in total. The van der Waals surface area contributed by atoms with Crippen molar-refractivity contribution in [2.45, 2.75) is 12.8 Å². The Balaban J connectivity index is 1.28. The number of hydrogen-bond donors (Lipinski definition) is 3. The predicted molar refractivity (Wildman–Crippen MR) is 139 cm³/mol. The van der Waals surface area contributed by atoms with Crippen LogP contribution in [-0.4, -0.2) is 36.0 Å². The highest BCUT2D eigenvalue weighted by molar-refractivity contribution is 5.99. The van der Waals surface area contributed by atoms with E-state index in [1.165, 1.54) is 12.1 Å². The fourth-order valence-electron chi connectivity index (χ4n) is 4.53. The van der Waals surface area contributed by atoms with Crippen LogP contribution in [-0.2, 0) is 4.79 Å². The van der Waals surface area contributed by atoms with Crippen molar-refractivity contribution in [3.63, 3.8) is 0 Å². The minimum absolute atomic E-state index is 0.0328. The van der Waals surface area contributed by atoms with E-state index in [4.69, 9.17) is 4.98 Å². The van der Waals surface area contributed by atoms with Gasteiger partial charge in [0, 0.05) is 40.3 Å². The van der Waals surface area contributed by atoms with Crippen molar-refractivity contribution in [2.24, 2.45) is 5.92 Å². The molecule has 1 amide bonds. The Hall–Kier alpha value is -4.92. The molecule has 1 saturated carbocycles. The molecule has 6 aromatic rings. The lowest BCUT2D eigenvalue weighted by Gasteiger charge is -2.06. The summed E-state index contributed by atoms with van der Waals surface area (Å²) in [5.74, 6) is -0.169. The first-order valence-electron chi connectivity index (χ1n) is 12.0. The lowest BCUT2D eigenvalue weighted by molar-refractivity contribution is -0.117. The van der Waals surface area contributed by atoms with Gasteiger partial charge in [-0.2, -0.15) is 5.10 Å². The lowest BCUT2D eigenvalue weighted by atomic mass is 10.1. The largest absolute Gasteiger partial charge is 0.353 e. The third-order valence-corrected chi connectivity index (χ3v) is 6.56. The maximum atomic E-state index is 13.9. The fourth-order valence-corrected chi connectivity index (χ4v) is 4.53. The number of nitrogens with zero attached hydrogens (tertiary/aromatic N) is 4. The van der Waals surface area contributed by atoms with E-state index in [1.54, 1.807) is 24.7 Å². The molecule has 3 N–H and O–H groups in total. The summed E-state index contributed by atoms with van der Waals surface area (Å²) in [5, 5.41) is 11.4. The maximum absolute atomic E-state index is 13.9. The van der Waals surface area contributed by atoms with Gasteiger partial charge in [0.25, 0.3) is 0 Å². The zero-order valence-electron chi connectivity index (χ0n) is 19.5. The molecule has 37 heavy (non-hydrogen) atoms. The second-order valence-corrected chi connectivity index (χ2v) is 9.20. The zero-order chi connectivity index (χ0) is 24.9. The summed E-state index contributed by atoms with van der Waals surface area (Å²) >= 11 is 0. The number of aromatic amines is 2. The number of pyridine rings is 3. The molecule has 0 aliphatic heterocycles. The van der Waals surface area contributed by atoms with Crippen molar-refractivity contribution in [1.82, 2.24) is 30.1 Å². The van der Waals surface area contributed by atoms with Gasteiger partial charge in [0.15, 0.2) is 0 Å². The fraction of sp³-hybridized carbons (Fsp3) is 0.107. The van der Waals surface area contributed by atoms with Crippen molar-refractivity contribution in [3.05, 3.63) is 79.0 Å². The second-order valence-electron chi connectivity index (χ2n) is 9.20. The Labute approximate surface area is 210 Å². The van der Waals surface area contributed by atoms with E-state index in [-0.39, 0.29) is 17.6 Å². The van der Waals surface area contributed by atoms with E-state index in [2.05, 4.69) is 30.5 Å². The SMILES string of the molecule is O=C(Nc1cncc(-c2ccc3[nH]nc(-c4cc5c(-c6cccc(F)c6)nccc5[nH]4)c3n2)c1)C1CC1. The lowest BCUT2D eigenvalue weighted by Crippen LogP contribution is -2.13. The number of aromatic nitrogens is 6. The van der Waals surface area contributed by atoms with Crippen LogP contribution in [0.1, 0.15) is 12.8 Å². The Morgan fingerprint density at radius 2 is 1.89 bits per heavy atom. The molecule has 0 saturated heterocycles. The van der Waals surface area contributed by atoms with Gasteiger partial charge in [-0.3, -0.25) is 19.9 Å². The molecule has 1 aliphatic rings. The van der Waals surface area contributed by atoms with Crippen LogP contribution >= 0.6 is 0 Å². The maximum Gasteiger partial charge on any atom is 0.227 e. The van der Waals surface area contributed by atoms with E-state index in [1.807, 2.05) is 36.4 Å². The van der Waals surface area contributed by atoms with Gasteiger partial charge in [0.1, 0.15) is 17.0 Å². The van der Waals surface area contributed by atoms with Crippen LogP contribution in [0.25, 0.3) is 55.8 Å². The Morgan fingerprint density at radius 3 is 2.76 bits per heavy atom. The van der Waals surface area contributed by atoms with E-state index >= 15 is 0 Å². The van der Waals surface area contributed by atoms with E-state index in [0.717, 1.165) is 40.5 Å². The van der Waals surface area contributed by atoms with Gasteiger partial charge in [-0.1, -0.05) is 12.1 Å². The average molecular weight is 490 g/mol. The molecule has 180 valence electrons. The van der Waals surface area contributed by atoms with Gasteiger partial charge in [-0.15, -0.1) is 0 Å². The van der Waals surface area contributed by atoms with Crippen LogP contribution in [0.15, 0.2) is 73.2 Å². The quantitative estimate of drug-likeness (QED) is 0.287. The number of rotatable bonds is 5. The molecule has 0 radical (unpaired) electrons. The van der Waals surface area contributed by atoms with Crippen LogP contribution in [0.5, 0.6) is 0 Å². The van der Waals surface area contributed by atoms with Gasteiger partial charge in [-0.25, -0.2) is 9.37 Å². The molecule has 1 fully saturated rings. The molecular formula is C28H20FN7O. The molecule has 0 unspecified atom stereocenters. The van der Waals surface area contributed by atoms with Gasteiger partial charge in [0.05, 0.1) is 34.5 Å². The highest BCUT2D eigenvalue weighted by atomic mass is 19.1. The molecular weight excluding hydrogens is 469 g/mol. The molecule has 0 spiro atoms. The van der Waals surface area contributed by atoms with Crippen LogP contribution in [0, 0.1) is 11.7 Å². The number of halogens is 1. The minimum atomic E-state index is -0.312. The minimum Gasteiger partial charge on any atom is -0.353 e. The summed E-state index contributed by atoms with van der Waals surface area (Å²) in [6, 6.07) is 15.9. The van der Waals surface area contributed by atoms with E-state index < -0.39 is 0 Å². The summed E-state index contributed by atoms with van der Waals surface area (Å²) in [7, 11) is 0. The Bertz CT molecular complexity index is 1820. The summed E-state index contributed by atoms with van der Waals surface area (Å²) in [6.45, 7) is 0. The Kier molecular flexibility index (Phi) is 4.81. The zero-order valence-corrected chi connectivity index (χ0v) is 19.5. The first kappa shape index (κ1) is 21.4. The molecule has 5 aromatic heterocycles. The molecule has 1 aliphatic carbocycles. The number of nitrogens with one attached hydrogen (secondary N) is 3. The molecule has 5 heterocycles. The molecule has 1 aromatic carbocycles. The number of carbonyl (C=O) groups excluding carboxylic acids is 1. The highest BCUT2D eigenvalue weighted by Gasteiger charge is 2.29. The molecule has 9 heteroatoms. The van der Waals surface area contributed by atoms with Gasteiger partial charge >= 0.3 is 0 Å². The molecule has 7 rings (SSSR count). The van der Waals surface area contributed by atoms with Crippen molar-refractivity contribution in [3.8, 4) is 33.9 Å². The predicted octanol–water partition coefficient (Wildman–Crippen LogP) is 5.72. The van der Waals surface area contributed by atoms with Crippen LogP contribution in [0.2, 0.25) is 0 Å². The van der Waals surface area contributed by atoms with Crippen molar-refractivity contribution in [2.75, 3.05) is 5.32 Å². The normalized spacial score (nSPS) is 13.3. The monoisotopic (exact) mass is 489 g/mol. The average Bonchev–Trinajstić information content (AvgIpc) is 3.55. The molecule has 0 atom stereocenters. The summed E-state index contributed by atoms with van der Waals surface area (Å²) in [4.78, 5) is 29.3. The second kappa shape index (κ2) is 8.34. The van der Waals surface area contributed by atoms with Crippen LogP contribution in [0.3, 0.4) is 0 Å². The number of H-pyrrole nitrogens is 2. The summed E-state index contributed by atoms with van der Waals surface area (Å²) in [6.07, 6.45) is 6.94. The Morgan fingerprint density at radius 1 is 0.973 bits per heavy atom. The number of benzene rings is 1. The topological polar surface area (TPSA) is 112 Å². The number of carbonyl (C=O) groups is 1. The third kappa shape index (κ3) is 3.90. The van der Waals surface area contributed by atoms with Gasteiger partial charge in [-0.05, 0) is 55.3 Å². The third-order valence-electron chi connectivity index (χ3n) is 6.56. The first-order valence-corrected chi connectivity index (χ1v) is 12.0. The summed E-state index contributed by atoms with van der Waals surface area (Å²) in [5.41, 5.74) is 7.29. The van der Waals surface area contributed by atoms with E-state index in [0.29, 0.717) is 33.8 Å².